The maximum atomic E-state index is 3.70. The molecule has 0 spiro atoms. The SMILES string of the molecule is CSCCNC(c1ccccc1)c1cc(C)ccc1C. The lowest BCUT2D eigenvalue weighted by molar-refractivity contribution is 0.631. The molecule has 0 radical (unpaired) electrons. The van der Waals surface area contributed by atoms with E-state index in [4.69, 9.17) is 0 Å². The topological polar surface area (TPSA) is 12.0 Å². The second kappa shape index (κ2) is 7.51. The molecule has 0 aromatic heterocycles. The molecule has 1 unspecified atom stereocenters. The molecule has 0 saturated carbocycles. The number of rotatable bonds is 6. The lowest BCUT2D eigenvalue weighted by Gasteiger charge is -2.22. The molecule has 0 amide bonds. The van der Waals surface area contributed by atoms with Gasteiger partial charge in [0.2, 0.25) is 0 Å². The Hall–Kier alpha value is -1.25. The molecule has 1 nitrogen and oxygen atoms in total. The van der Waals surface area contributed by atoms with E-state index < -0.39 is 0 Å². The number of benzene rings is 2. The molecule has 2 rings (SSSR count). The molecule has 0 aliphatic carbocycles. The van der Waals surface area contributed by atoms with Gasteiger partial charge in [0.25, 0.3) is 0 Å². The maximum Gasteiger partial charge on any atom is 0.0579 e. The zero-order valence-corrected chi connectivity index (χ0v) is 13.3. The van der Waals surface area contributed by atoms with Crippen molar-refractivity contribution in [2.45, 2.75) is 19.9 Å². The van der Waals surface area contributed by atoms with Gasteiger partial charge in [-0.05, 0) is 36.8 Å². The Balaban J connectivity index is 2.33. The lowest BCUT2D eigenvalue weighted by Crippen LogP contribution is -2.25. The van der Waals surface area contributed by atoms with E-state index in [9.17, 15) is 0 Å². The first kappa shape index (κ1) is 15.1. The van der Waals surface area contributed by atoms with E-state index in [0.717, 1.165) is 12.3 Å². The number of aryl methyl sites for hydroxylation is 2. The largest absolute Gasteiger partial charge is 0.305 e. The van der Waals surface area contributed by atoms with Crippen LogP contribution < -0.4 is 5.32 Å². The van der Waals surface area contributed by atoms with Crippen molar-refractivity contribution >= 4 is 11.8 Å². The Morgan fingerprint density at radius 1 is 1.05 bits per heavy atom. The fourth-order valence-corrected chi connectivity index (χ4v) is 2.75. The predicted molar refractivity (Wildman–Crippen MR) is 90.6 cm³/mol. The van der Waals surface area contributed by atoms with Crippen molar-refractivity contribution < 1.29 is 0 Å². The fraction of sp³-hybridized carbons (Fsp3) is 0.333. The molecule has 2 aromatic rings. The zero-order chi connectivity index (χ0) is 14.4. The van der Waals surface area contributed by atoms with E-state index in [-0.39, 0.29) is 6.04 Å². The molecular weight excluding hydrogens is 262 g/mol. The van der Waals surface area contributed by atoms with Gasteiger partial charge in [-0.2, -0.15) is 11.8 Å². The van der Waals surface area contributed by atoms with Crippen LogP contribution in [0.4, 0.5) is 0 Å². The first-order valence-corrected chi connectivity index (χ1v) is 8.46. The van der Waals surface area contributed by atoms with Crippen LogP contribution in [0.15, 0.2) is 48.5 Å². The summed E-state index contributed by atoms with van der Waals surface area (Å²) in [5.74, 6) is 1.13. The summed E-state index contributed by atoms with van der Waals surface area (Å²) in [7, 11) is 0. The van der Waals surface area contributed by atoms with Crippen molar-refractivity contribution in [1.82, 2.24) is 5.32 Å². The van der Waals surface area contributed by atoms with Gasteiger partial charge in [0.1, 0.15) is 0 Å². The van der Waals surface area contributed by atoms with Crippen LogP contribution in [0.25, 0.3) is 0 Å². The van der Waals surface area contributed by atoms with Crippen molar-refractivity contribution in [3.63, 3.8) is 0 Å². The van der Waals surface area contributed by atoms with E-state index in [2.05, 4.69) is 74.0 Å². The summed E-state index contributed by atoms with van der Waals surface area (Å²) in [6.45, 7) is 5.38. The molecule has 1 atom stereocenters. The molecule has 0 saturated heterocycles. The molecule has 2 heteroatoms. The Morgan fingerprint density at radius 3 is 2.50 bits per heavy atom. The highest BCUT2D eigenvalue weighted by Crippen LogP contribution is 2.25. The molecule has 2 aromatic carbocycles. The summed E-state index contributed by atoms with van der Waals surface area (Å²) in [4.78, 5) is 0. The van der Waals surface area contributed by atoms with Crippen LogP contribution in [-0.2, 0) is 0 Å². The first-order chi connectivity index (χ1) is 9.72. The molecule has 20 heavy (non-hydrogen) atoms. The van der Waals surface area contributed by atoms with E-state index in [1.165, 1.54) is 22.3 Å². The van der Waals surface area contributed by atoms with Crippen LogP contribution in [0, 0.1) is 13.8 Å². The Bertz CT molecular complexity index is 536. The van der Waals surface area contributed by atoms with Gasteiger partial charge in [-0.25, -0.2) is 0 Å². The monoisotopic (exact) mass is 285 g/mol. The van der Waals surface area contributed by atoms with Crippen LogP contribution in [0.2, 0.25) is 0 Å². The van der Waals surface area contributed by atoms with Gasteiger partial charge < -0.3 is 5.32 Å². The van der Waals surface area contributed by atoms with Crippen LogP contribution in [-0.4, -0.2) is 18.6 Å². The lowest BCUT2D eigenvalue weighted by atomic mass is 9.93. The highest BCUT2D eigenvalue weighted by Gasteiger charge is 2.15. The molecular formula is C18H23NS. The third-order valence-corrected chi connectivity index (χ3v) is 4.15. The predicted octanol–water partition coefficient (Wildman–Crippen LogP) is 4.35. The maximum absolute atomic E-state index is 3.70. The van der Waals surface area contributed by atoms with Gasteiger partial charge in [-0.1, -0.05) is 54.1 Å². The third-order valence-electron chi connectivity index (χ3n) is 3.53. The summed E-state index contributed by atoms with van der Waals surface area (Å²) in [5, 5.41) is 3.70. The summed E-state index contributed by atoms with van der Waals surface area (Å²) < 4.78 is 0. The molecule has 106 valence electrons. The van der Waals surface area contributed by atoms with Crippen molar-refractivity contribution in [2.24, 2.45) is 0 Å². The van der Waals surface area contributed by atoms with E-state index in [0.29, 0.717) is 0 Å². The van der Waals surface area contributed by atoms with Crippen LogP contribution >= 0.6 is 11.8 Å². The van der Waals surface area contributed by atoms with Gasteiger partial charge in [0.05, 0.1) is 6.04 Å². The number of thioether (sulfide) groups is 1. The van der Waals surface area contributed by atoms with Crippen LogP contribution in [0.1, 0.15) is 28.3 Å². The van der Waals surface area contributed by atoms with Gasteiger partial charge in [0, 0.05) is 12.3 Å². The average molecular weight is 285 g/mol. The van der Waals surface area contributed by atoms with E-state index in [1.807, 2.05) is 11.8 Å². The second-order valence-corrected chi connectivity index (χ2v) is 6.14. The molecule has 0 bridgehead atoms. The van der Waals surface area contributed by atoms with Crippen molar-refractivity contribution in [3.05, 3.63) is 70.8 Å². The van der Waals surface area contributed by atoms with Crippen molar-refractivity contribution in [3.8, 4) is 0 Å². The van der Waals surface area contributed by atoms with E-state index >= 15 is 0 Å². The van der Waals surface area contributed by atoms with Crippen molar-refractivity contribution in [1.29, 1.82) is 0 Å². The summed E-state index contributed by atoms with van der Waals surface area (Å²) in [6.07, 6.45) is 2.15. The molecule has 0 aliphatic heterocycles. The molecule has 0 fully saturated rings. The summed E-state index contributed by atoms with van der Waals surface area (Å²) >= 11 is 1.88. The minimum Gasteiger partial charge on any atom is -0.305 e. The minimum atomic E-state index is 0.281. The number of hydrogen-bond donors (Lipinski definition) is 1. The van der Waals surface area contributed by atoms with Crippen LogP contribution in [0.5, 0.6) is 0 Å². The number of nitrogens with one attached hydrogen (secondary N) is 1. The first-order valence-electron chi connectivity index (χ1n) is 7.07. The average Bonchev–Trinajstić information content (AvgIpc) is 2.48. The summed E-state index contributed by atoms with van der Waals surface area (Å²) in [5.41, 5.74) is 5.39. The van der Waals surface area contributed by atoms with Gasteiger partial charge in [-0.15, -0.1) is 0 Å². The van der Waals surface area contributed by atoms with E-state index in [1.54, 1.807) is 0 Å². The van der Waals surface area contributed by atoms with Crippen molar-refractivity contribution in [2.75, 3.05) is 18.6 Å². The van der Waals surface area contributed by atoms with Gasteiger partial charge in [0.15, 0.2) is 0 Å². The highest BCUT2D eigenvalue weighted by atomic mass is 32.2. The third kappa shape index (κ3) is 3.87. The second-order valence-electron chi connectivity index (χ2n) is 5.15. The quantitative estimate of drug-likeness (QED) is 0.792. The fourth-order valence-electron chi connectivity index (χ4n) is 2.43. The summed E-state index contributed by atoms with van der Waals surface area (Å²) in [6, 6.07) is 17.7. The normalized spacial score (nSPS) is 12.3. The molecule has 0 heterocycles. The Kier molecular flexibility index (Phi) is 5.69. The van der Waals surface area contributed by atoms with Gasteiger partial charge >= 0.3 is 0 Å². The Labute approximate surface area is 126 Å². The van der Waals surface area contributed by atoms with Gasteiger partial charge in [-0.3, -0.25) is 0 Å². The molecule has 1 N–H and O–H groups in total. The minimum absolute atomic E-state index is 0.281. The standard InChI is InChI=1S/C18H23NS/c1-14-9-10-15(2)17(13-14)18(19-11-12-20-3)16-7-5-4-6-8-16/h4-10,13,18-19H,11-12H2,1-3H3. The molecule has 0 aliphatic rings. The van der Waals surface area contributed by atoms with Crippen LogP contribution in [0.3, 0.4) is 0 Å². The number of hydrogen-bond acceptors (Lipinski definition) is 2. The smallest absolute Gasteiger partial charge is 0.0579 e. The highest BCUT2D eigenvalue weighted by molar-refractivity contribution is 7.98. The Morgan fingerprint density at radius 2 is 1.80 bits per heavy atom. The zero-order valence-electron chi connectivity index (χ0n) is 12.5.